The highest BCUT2D eigenvalue weighted by Gasteiger charge is 2.40. The number of benzene rings is 1. The van der Waals surface area contributed by atoms with Crippen molar-refractivity contribution in [2.75, 3.05) is 0 Å². The zero-order chi connectivity index (χ0) is 15.8. The third-order valence-corrected chi connectivity index (χ3v) is 2.74. The molecule has 0 radical (unpaired) electrons. The molecule has 8 heteroatoms. The minimum absolute atomic E-state index is 1.14. The van der Waals surface area contributed by atoms with E-state index in [1.165, 1.54) is 3.57 Å². The van der Waals surface area contributed by atoms with Crippen molar-refractivity contribution >= 4 is 40.5 Å². The van der Waals surface area contributed by atoms with Crippen LogP contribution in [0.2, 0.25) is 0 Å². The first-order chi connectivity index (χ1) is 9.17. The maximum atomic E-state index is 10.3. The van der Waals surface area contributed by atoms with E-state index in [1.807, 2.05) is 18.2 Å². The quantitative estimate of drug-likeness (QED) is 0.547. The van der Waals surface area contributed by atoms with Crippen molar-refractivity contribution in [1.82, 2.24) is 0 Å². The lowest BCUT2D eigenvalue weighted by Gasteiger charge is -2.18. The summed E-state index contributed by atoms with van der Waals surface area (Å²) in [5.74, 6) is -5.02. The Kier molecular flexibility index (Phi) is 7.77. The largest absolute Gasteiger partial charge is 0.481 e. The summed E-state index contributed by atoms with van der Waals surface area (Å²) < 4.78 is 1.29. The van der Waals surface area contributed by atoms with E-state index in [0.717, 1.165) is 0 Å². The van der Waals surface area contributed by atoms with Gasteiger partial charge in [0.15, 0.2) is 5.60 Å². The van der Waals surface area contributed by atoms with Gasteiger partial charge in [-0.1, -0.05) is 18.2 Å². The first-order valence-corrected chi connectivity index (χ1v) is 6.35. The van der Waals surface area contributed by atoms with Crippen LogP contribution in [0.4, 0.5) is 0 Å². The molecule has 0 spiro atoms. The second-order valence-electron chi connectivity index (χ2n) is 3.77. The minimum Gasteiger partial charge on any atom is -0.481 e. The molecule has 20 heavy (non-hydrogen) atoms. The van der Waals surface area contributed by atoms with Crippen LogP contribution in [0.1, 0.15) is 12.8 Å². The molecule has 0 unspecified atom stereocenters. The molecule has 0 saturated heterocycles. The molecule has 1 aromatic rings. The average molecular weight is 396 g/mol. The van der Waals surface area contributed by atoms with Crippen molar-refractivity contribution in [1.29, 1.82) is 0 Å². The van der Waals surface area contributed by atoms with Crippen LogP contribution >= 0.6 is 22.6 Å². The summed E-state index contributed by atoms with van der Waals surface area (Å²) in [7, 11) is 0. The monoisotopic (exact) mass is 396 g/mol. The maximum absolute atomic E-state index is 10.3. The molecular formula is C12H13IO7. The highest BCUT2D eigenvalue weighted by molar-refractivity contribution is 14.1. The second kappa shape index (κ2) is 8.48. The SMILES string of the molecule is Ic1ccccc1.O=C(O)CC(O)(CC(=O)O)C(=O)O. The van der Waals surface area contributed by atoms with Gasteiger partial charge in [-0.3, -0.25) is 9.59 Å². The number of carbonyl (C=O) groups is 3. The van der Waals surface area contributed by atoms with Crippen LogP contribution in [-0.4, -0.2) is 43.9 Å². The van der Waals surface area contributed by atoms with Gasteiger partial charge in [0.2, 0.25) is 0 Å². The number of halogens is 1. The summed E-state index contributed by atoms with van der Waals surface area (Å²) in [6.07, 6.45) is -2.29. The normalized spacial score (nSPS) is 10.1. The molecule has 0 amide bonds. The number of hydrogen-bond acceptors (Lipinski definition) is 4. The summed E-state index contributed by atoms with van der Waals surface area (Å²) in [5.41, 5.74) is -2.74. The Morgan fingerprint density at radius 2 is 1.35 bits per heavy atom. The zero-order valence-electron chi connectivity index (χ0n) is 10.2. The molecule has 7 nitrogen and oxygen atoms in total. The summed E-state index contributed by atoms with van der Waals surface area (Å²) in [4.78, 5) is 30.5. The lowest BCUT2D eigenvalue weighted by molar-refractivity contribution is -0.170. The van der Waals surface area contributed by atoms with E-state index in [1.54, 1.807) is 0 Å². The van der Waals surface area contributed by atoms with Crippen molar-refractivity contribution < 1.29 is 34.8 Å². The maximum Gasteiger partial charge on any atom is 0.336 e. The van der Waals surface area contributed by atoms with Crippen LogP contribution in [-0.2, 0) is 14.4 Å². The molecule has 0 aliphatic rings. The summed E-state index contributed by atoms with van der Waals surface area (Å²) in [6, 6.07) is 10.2. The lowest BCUT2D eigenvalue weighted by atomic mass is 9.96. The smallest absolute Gasteiger partial charge is 0.336 e. The minimum atomic E-state index is -2.74. The Bertz CT molecular complexity index is 456. The summed E-state index contributed by atoms with van der Waals surface area (Å²) in [5, 5.41) is 33.8. The van der Waals surface area contributed by atoms with Gasteiger partial charge in [0, 0.05) is 3.57 Å². The molecule has 0 bridgehead atoms. The topological polar surface area (TPSA) is 132 Å². The van der Waals surface area contributed by atoms with E-state index in [2.05, 4.69) is 34.7 Å². The van der Waals surface area contributed by atoms with Crippen LogP contribution in [0.3, 0.4) is 0 Å². The van der Waals surface area contributed by atoms with Crippen LogP contribution < -0.4 is 0 Å². The number of hydrogen-bond donors (Lipinski definition) is 4. The molecule has 110 valence electrons. The van der Waals surface area contributed by atoms with E-state index < -0.39 is 36.4 Å². The molecule has 0 aliphatic heterocycles. The highest BCUT2D eigenvalue weighted by atomic mass is 127. The Hall–Kier alpha value is -1.68. The third-order valence-electron chi connectivity index (χ3n) is 2.02. The number of carboxylic acid groups (broad SMARTS) is 3. The van der Waals surface area contributed by atoms with Gasteiger partial charge in [-0.2, -0.15) is 0 Å². The van der Waals surface area contributed by atoms with E-state index in [-0.39, 0.29) is 0 Å². The number of aliphatic carboxylic acids is 3. The third kappa shape index (κ3) is 7.69. The number of carboxylic acids is 3. The molecule has 0 aliphatic carbocycles. The van der Waals surface area contributed by atoms with Gasteiger partial charge >= 0.3 is 17.9 Å². The standard InChI is InChI=1S/C6H5I.C6H8O7/c7-6-4-2-1-3-5-6;7-3(8)1-6(13,5(11)12)2-4(9)10/h1-5H;13H,1-2H2,(H,7,8)(H,9,10)(H,11,12). The van der Waals surface area contributed by atoms with Gasteiger partial charge in [0.1, 0.15) is 0 Å². The molecule has 1 rings (SSSR count). The van der Waals surface area contributed by atoms with E-state index in [9.17, 15) is 14.4 Å². The van der Waals surface area contributed by atoms with Crippen molar-refractivity contribution in [3.63, 3.8) is 0 Å². The first-order valence-electron chi connectivity index (χ1n) is 5.27. The van der Waals surface area contributed by atoms with E-state index in [4.69, 9.17) is 20.4 Å². The van der Waals surface area contributed by atoms with Crippen molar-refractivity contribution in [3.05, 3.63) is 33.9 Å². The first kappa shape index (κ1) is 18.3. The Labute approximate surface area is 128 Å². The fourth-order valence-corrected chi connectivity index (χ4v) is 1.54. The molecule has 0 fully saturated rings. The number of aliphatic hydroxyl groups is 1. The molecule has 0 atom stereocenters. The van der Waals surface area contributed by atoms with Crippen molar-refractivity contribution in [3.8, 4) is 0 Å². The molecular weight excluding hydrogens is 383 g/mol. The van der Waals surface area contributed by atoms with Gasteiger partial charge in [0.25, 0.3) is 0 Å². The fraction of sp³-hybridized carbons (Fsp3) is 0.250. The lowest BCUT2D eigenvalue weighted by Crippen LogP contribution is -2.42. The van der Waals surface area contributed by atoms with Crippen LogP contribution in [0.25, 0.3) is 0 Å². The van der Waals surface area contributed by atoms with Crippen molar-refractivity contribution in [2.45, 2.75) is 18.4 Å². The predicted molar refractivity (Wildman–Crippen MR) is 76.3 cm³/mol. The second-order valence-corrected chi connectivity index (χ2v) is 5.02. The molecule has 0 aromatic heterocycles. The van der Waals surface area contributed by atoms with Crippen LogP contribution in [0.5, 0.6) is 0 Å². The van der Waals surface area contributed by atoms with E-state index >= 15 is 0 Å². The Morgan fingerprint density at radius 1 is 0.950 bits per heavy atom. The average Bonchev–Trinajstić information content (AvgIpc) is 2.28. The molecule has 0 heterocycles. The molecule has 0 saturated carbocycles. The number of rotatable bonds is 5. The van der Waals surface area contributed by atoms with Crippen LogP contribution in [0.15, 0.2) is 30.3 Å². The Balaban J connectivity index is 0.000000428. The summed E-state index contributed by atoms with van der Waals surface area (Å²) in [6.45, 7) is 0. The predicted octanol–water partition coefficient (Wildman–Crippen LogP) is 1.04. The van der Waals surface area contributed by atoms with Gasteiger partial charge in [-0.25, -0.2) is 4.79 Å². The Morgan fingerprint density at radius 3 is 1.55 bits per heavy atom. The fourth-order valence-electron chi connectivity index (χ4n) is 1.13. The van der Waals surface area contributed by atoms with Gasteiger partial charge in [-0.15, -0.1) is 0 Å². The van der Waals surface area contributed by atoms with E-state index in [0.29, 0.717) is 0 Å². The van der Waals surface area contributed by atoms with Gasteiger partial charge in [0.05, 0.1) is 12.8 Å². The molecule has 4 N–H and O–H groups in total. The van der Waals surface area contributed by atoms with Gasteiger partial charge in [-0.05, 0) is 34.7 Å². The van der Waals surface area contributed by atoms with Gasteiger partial charge < -0.3 is 20.4 Å². The highest BCUT2D eigenvalue weighted by Crippen LogP contribution is 2.15. The molecule has 1 aromatic carbocycles. The summed E-state index contributed by atoms with van der Waals surface area (Å²) >= 11 is 2.28. The van der Waals surface area contributed by atoms with Crippen molar-refractivity contribution in [2.24, 2.45) is 0 Å². The zero-order valence-corrected chi connectivity index (χ0v) is 12.4. The van der Waals surface area contributed by atoms with Crippen LogP contribution in [0, 0.1) is 3.57 Å².